The maximum absolute atomic E-state index is 12.1. The molecule has 0 amide bonds. The van der Waals surface area contributed by atoms with Crippen molar-refractivity contribution in [1.29, 1.82) is 0 Å². The summed E-state index contributed by atoms with van der Waals surface area (Å²) < 4.78 is 12.1. The van der Waals surface area contributed by atoms with E-state index >= 15 is 0 Å². The molecule has 0 saturated heterocycles. The van der Waals surface area contributed by atoms with Crippen LogP contribution in [0.1, 0.15) is 27.7 Å². The van der Waals surface area contributed by atoms with E-state index < -0.39 is 0 Å². The van der Waals surface area contributed by atoms with Crippen LogP contribution in [0.2, 0.25) is 0 Å². The lowest BCUT2D eigenvalue weighted by Gasteiger charge is -2.10. The summed E-state index contributed by atoms with van der Waals surface area (Å²) >= 11 is 0. The molecule has 0 spiro atoms. The summed E-state index contributed by atoms with van der Waals surface area (Å²) in [6.45, 7) is 7.37. The first kappa shape index (κ1) is 7.67. The molecule has 0 aromatic carbocycles. The number of rotatable bonds is 0. The monoisotopic (exact) mass is 116 g/mol. The van der Waals surface area contributed by atoms with Gasteiger partial charge in [0.25, 0.3) is 0 Å². The lowest BCUT2D eigenvalue weighted by Crippen LogP contribution is -1.98. The molecule has 0 fully saturated rings. The summed E-state index contributed by atoms with van der Waals surface area (Å²) in [5.41, 5.74) is -0.0150. The minimum Gasteiger partial charge on any atom is -0.212 e. The van der Waals surface area contributed by atoms with E-state index in [2.05, 4.69) is 0 Å². The summed E-state index contributed by atoms with van der Waals surface area (Å²) in [7, 11) is 0. The van der Waals surface area contributed by atoms with Gasteiger partial charge in [-0.1, -0.05) is 20.8 Å². The molecule has 0 aliphatic carbocycles. The van der Waals surface area contributed by atoms with Crippen LogP contribution >= 0.6 is 0 Å². The molecule has 48 valence electrons. The Morgan fingerprint density at radius 2 is 1.75 bits per heavy atom. The van der Waals surface area contributed by atoms with Gasteiger partial charge in [0.05, 0.1) is 5.83 Å². The highest BCUT2D eigenvalue weighted by Crippen LogP contribution is 2.17. The number of hydrogen-bond donors (Lipinski definition) is 0. The van der Waals surface area contributed by atoms with E-state index in [-0.39, 0.29) is 11.2 Å². The van der Waals surface area contributed by atoms with Crippen LogP contribution in [0.25, 0.3) is 0 Å². The van der Waals surface area contributed by atoms with Gasteiger partial charge in [0.15, 0.2) is 0 Å². The summed E-state index contributed by atoms with van der Waals surface area (Å²) in [6.07, 6.45) is 1.60. The van der Waals surface area contributed by atoms with E-state index in [0.717, 1.165) is 0 Å². The van der Waals surface area contributed by atoms with Crippen LogP contribution < -0.4 is 0 Å². The third-order valence-electron chi connectivity index (χ3n) is 0.632. The van der Waals surface area contributed by atoms with Crippen molar-refractivity contribution in [3.05, 3.63) is 11.9 Å². The van der Waals surface area contributed by atoms with Gasteiger partial charge in [-0.15, -0.1) is 0 Å². The van der Waals surface area contributed by atoms with Crippen LogP contribution in [-0.4, -0.2) is 0 Å². The molecule has 0 unspecified atom stereocenters. The average Bonchev–Trinajstić information content (AvgIpc) is 1.21. The zero-order valence-electron chi connectivity index (χ0n) is 5.96. The van der Waals surface area contributed by atoms with Crippen molar-refractivity contribution < 1.29 is 4.39 Å². The second kappa shape index (κ2) is 2.29. The molecule has 0 nitrogen and oxygen atoms in total. The Labute approximate surface area is 50.4 Å². The molecule has 0 saturated carbocycles. The van der Waals surface area contributed by atoms with Gasteiger partial charge in [-0.25, -0.2) is 4.39 Å². The quantitative estimate of drug-likeness (QED) is 0.456. The van der Waals surface area contributed by atoms with Gasteiger partial charge in [-0.3, -0.25) is 0 Å². The first-order chi connectivity index (χ1) is 3.42. The Balaban J connectivity index is 3.89. The predicted octanol–water partition coefficient (Wildman–Crippen LogP) is 2.91. The first-order valence-electron chi connectivity index (χ1n) is 2.77. The topological polar surface area (TPSA) is 0 Å². The normalized spacial score (nSPS) is 14.4. The molecular formula is C7H13F. The Bertz CT molecular complexity index is 91.4. The van der Waals surface area contributed by atoms with E-state index in [9.17, 15) is 4.39 Å². The fourth-order valence-corrected chi connectivity index (χ4v) is 0.597. The zero-order chi connectivity index (χ0) is 6.78. The standard InChI is InChI=1S/C7H13F/c1-6(8)5-7(2,3)4/h5H,1-4H3/b6-5-. The van der Waals surface area contributed by atoms with E-state index in [4.69, 9.17) is 0 Å². The number of allylic oxidation sites excluding steroid dienone is 2. The maximum Gasteiger partial charge on any atom is 0.0934 e. The minimum atomic E-state index is -0.0995. The van der Waals surface area contributed by atoms with Crippen LogP contribution in [-0.2, 0) is 0 Å². The van der Waals surface area contributed by atoms with Gasteiger partial charge in [0.1, 0.15) is 0 Å². The molecule has 0 aromatic heterocycles. The molecule has 0 aliphatic heterocycles. The Morgan fingerprint density at radius 3 is 1.75 bits per heavy atom. The Hall–Kier alpha value is -0.330. The van der Waals surface area contributed by atoms with Crippen molar-refractivity contribution >= 4 is 0 Å². The molecule has 1 heteroatoms. The molecule has 0 aromatic rings. The van der Waals surface area contributed by atoms with Gasteiger partial charge < -0.3 is 0 Å². The van der Waals surface area contributed by atoms with E-state index in [1.54, 1.807) is 6.08 Å². The van der Waals surface area contributed by atoms with Crippen LogP contribution in [0.5, 0.6) is 0 Å². The minimum absolute atomic E-state index is 0.0150. The van der Waals surface area contributed by atoms with Gasteiger partial charge >= 0.3 is 0 Å². The predicted molar refractivity (Wildman–Crippen MR) is 34.3 cm³/mol. The van der Waals surface area contributed by atoms with Crippen molar-refractivity contribution in [3.8, 4) is 0 Å². The maximum atomic E-state index is 12.1. The Morgan fingerprint density at radius 1 is 1.38 bits per heavy atom. The molecule has 0 N–H and O–H groups in total. The summed E-state index contributed by atoms with van der Waals surface area (Å²) in [4.78, 5) is 0. The van der Waals surface area contributed by atoms with Gasteiger partial charge in [0.2, 0.25) is 0 Å². The third-order valence-corrected chi connectivity index (χ3v) is 0.632. The highest BCUT2D eigenvalue weighted by atomic mass is 19.1. The fourth-order valence-electron chi connectivity index (χ4n) is 0.597. The van der Waals surface area contributed by atoms with Crippen molar-refractivity contribution in [2.24, 2.45) is 5.41 Å². The van der Waals surface area contributed by atoms with Gasteiger partial charge in [0, 0.05) is 0 Å². The molecule has 0 atom stereocenters. The molecule has 0 rings (SSSR count). The van der Waals surface area contributed by atoms with E-state index in [1.165, 1.54) is 6.92 Å². The lowest BCUT2D eigenvalue weighted by atomic mass is 9.96. The second-order valence-electron chi connectivity index (χ2n) is 3.10. The molecule has 0 radical (unpaired) electrons. The van der Waals surface area contributed by atoms with Crippen molar-refractivity contribution in [2.45, 2.75) is 27.7 Å². The van der Waals surface area contributed by atoms with Gasteiger partial charge in [-0.05, 0) is 18.4 Å². The summed E-state index contributed by atoms with van der Waals surface area (Å²) in [5.74, 6) is -0.0995. The van der Waals surface area contributed by atoms with Crippen LogP contribution in [0.3, 0.4) is 0 Å². The lowest BCUT2D eigenvalue weighted by molar-refractivity contribution is 0.512. The van der Waals surface area contributed by atoms with Crippen molar-refractivity contribution in [3.63, 3.8) is 0 Å². The van der Waals surface area contributed by atoms with Crippen LogP contribution in [0.4, 0.5) is 4.39 Å². The smallest absolute Gasteiger partial charge is 0.0934 e. The third kappa shape index (κ3) is 5.67. The van der Waals surface area contributed by atoms with E-state index in [0.29, 0.717) is 0 Å². The molecular weight excluding hydrogens is 103 g/mol. The SMILES string of the molecule is C/C(F)=C/C(C)(C)C. The highest BCUT2D eigenvalue weighted by molar-refractivity contribution is 4.95. The number of halogens is 1. The summed E-state index contributed by atoms with van der Waals surface area (Å²) in [6, 6.07) is 0. The molecule has 0 heterocycles. The fraction of sp³-hybridized carbons (Fsp3) is 0.714. The summed E-state index contributed by atoms with van der Waals surface area (Å²) in [5, 5.41) is 0. The number of hydrogen-bond acceptors (Lipinski definition) is 0. The first-order valence-corrected chi connectivity index (χ1v) is 2.77. The zero-order valence-corrected chi connectivity index (χ0v) is 5.96. The highest BCUT2D eigenvalue weighted by Gasteiger charge is 2.04. The second-order valence-corrected chi connectivity index (χ2v) is 3.10. The van der Waals surface area contributed by atoms with Crippen LogP contribution in [0.15, 0.2) is 11.9 Å². The molecule has 0 aliphatic rings. The van der Waals surface area contributed by atoms with Gasteiger partial charge in [-0.2, -0.15) is 0 Å². The van der Waals surface area contributed by atoms with Crippen molar-refractivity contribution in [1.82, 2.24) is 0 Å². The average molecular weight is 116 g/mol. The molecule has 8 heavy (non-hydrogen) atoms. The Kier molecular flexibility index (Phi) is 2.20. The van der Waals surface area contributed by atoms with Crippen molar-refractivity contribution in [2.75, 3.05) is 0 Å². The van der Waals surface area contributed by atoms with E-state index in [1.807, 2.05) is 20.8 Å². The molecule has 0 bridgehead atoms. The largest absolute Gasteiger partial charge is 0.212 e. The van der Waals surface area contributed by atoms with Crippen LogP contribution in [0, 0.1) is 5.41 Å².